The van der Waals surface area contributed by atoms with Gasteiger partial charge in [-0.05, 0) is 54.3 Å². The second-order valence-corrected chi connectivity index (χ2v) is 6.36. The number of fused-ring (bicyclic) bond motifs is 2. The maximum Gasteiger partial charge on any atom is 0.419 e. The molecule has 0 bridgehead atoms. The molecular weight excluding hydrogens is 318 g/mol. The van der Waals surface area contributed by atoms with E-state index in [4.69, 9.17) is 4.42 Å². The average molecular weight is 337 g/mol. The molecule has 25 heavy (non-hydrogen) atoms. The van der Waals surface area contributed by atoms with Gasteiger partial charge in [-0.25, -0.2) is 4.79 Å². The van der Waals surface area contributed by atoms with E-state index in [-0.39, 0.29) is 11.7 Å². The maximum absolute atomic E-state index is 11.6. The van der Waals surface area contributed by atoms with Gasteiger partial charge in [0.2, 0.25) is 5.91 Å². The molecule has 1 amide bonds. The number of rotatable bonds is 3. The second kappa shape index (κ2) is 6.12. The van der Waals surface area contributed by atoms with Gasteiger partial charge in [-0.1, -0.05) is 6.07 Å². The molecule has 0 unspecified atom stereocenters. The van der Waals surface area contributed by atoms with Crippen molar-refractivity contribution in [2.24, 2.45) is 7.05 Å². The van der Waals surface area contributed by atoms with E-state index < -0.39 is 0 Å². The molecule has 0 spiro atoms. The van der Waals surface area contributed by atoms with Gasteiger partial charge in [0.25, 0.3) is 0 Å². The lowest BCUT2D eigenvalue weighted by molar-refractivity contribution is -0.116. The van der Waals surface area contributed by atoms with Gasteiger partial charge in [-0.15, -0.1) is 0 Å². The van der Waals surface area contributed by atoms with Crippen molar-refractivity contribution in [2.45, 2.75) is 25.8 Å². The van der Waals surface area contributed by atoms with E-state index in [9.17, 15) is 9.59 Å². The monoisotopic (exact) mass is 337 g/mol. The summed E-state index contributed by atoms with van der Waals surface area (Å²) in [6, 6.07) is 11.7. The van der Waals surface area contributed by atoms with Crippen LogP contribution in [0.5, 0.6) is 0 Å². The summed E-state index contributed by atoms with van der Waals surface area (Å²) in [6.45, 7) is 0.625. The van der Waals surface area contributed by atoms with E-state index in [0.29, 0.717) is 18.5 Å². The van der Waals surface area contributed by atoms with Gasteiger partial charge in [0.15, 0.2) is 5.58 Å². The molecule has 1 aliphatic rings. The number of hydrogen-bond donors (Lipinski definition) is 2. The van der Waals surface area contributed by atoms with Crippen molar-refractivity contribution in [3.05, 3.63) is 58.1 Å². The standard InChI is InChI=1S/C19H19N3O3/c1-22-16-8-5-12(9-17(16)25-19(22)24)11-20-14-6-7-15-13(10-14)3-2-4-18(23)21-15/h5-10,20H,2-4,11H2,1H3,(H,21,23). The molecule has 4 rings (SSSR count). The third-order valence-corrected chi connectivity index (χ3v) is 4.58. The summed E-state index contributed by atoms with van der Waals surface area (Å²) < 4.78 is 6.72. The lowest BCUT2D eigenvalue weighted by Crippen LogP contribution is -2.09. The first-order chi connectivity index (χ1) is 12.1. The number of amides is 1. The van der Waals surface area contributed by atoms with Crippen LogP contribution >= 0.6 is 0 Å². The van der Waals surface area contributed by atoms with Crippen molar-refractivity contribution in [1.29, 1.82) is 0 Å². The molecule has 0 atom stereocenters. The Bertz CT molecular complexity index is 1020. The van der Waals surface area contributed by atoms with Gasteiger partial charge < -0.3 is 15.1 Å². The highest BCUT2D eigenvalue weighted by atomic mass is 16.4. The van der Waals surface area contributed by atoms with Crippen LogP contribution in [0.15, 0.2) is 45.6 Å². The van der Waals surface area contributed by atoms with Crippen molar-refractivity contribution in [2.75, 3.05) is 10.6 Å². The highest BCUT2D eigenvalue weighted by Crippen LogP contribution is 2.25. The molecule has 6 heteroatoms. The number of benzene rings is 2. The molecule has 1 aromatic heterocycles. The second-order valence-electron chi connectivity index (χ2n) is 6.36. The van der Waals surface area contributed by atoms with Crippen molar-refractivity contribution in [1.82, 2.24) is 4.57 Å². The fourth-order valence-corrected chi connectivity index (χ4v) is 3.18. The first-order valence-corrected chi connectivity index (χ1v) is 8.35. The third-order valence-electron chi connectivity index (χ3n) is 4.58. The fourth-order valence-electron chi connectivity index (χ4n) is 3.18. The lowest BCUT2D eigenvalue weighted by atomic mass is 10.1. The summed E-state index contributed by atoms with van der Waals surface area (Å²) >= 11 is 0. The predicted molar refractivity (Wildman–Crippen MR) is 96.8 cm³/mol. The molecular formula is C19H19N3O3. The zero-order valence-electron chi connectivity index (χ0n) is 14.0. The first-order valence-electron chi connectivity index (χ1n) is 8.35. The van der Waals surface area contributed by atoms with E-state index in [1.165, 1.54) is 4.57 Å². The third kappa shape index (κ3) is 3.03. The minimum atomic E-state index is -0.354. The number of anilines is 2. The van der Waals surface area contributed by atoms with Crippen LogP contribution in [0.2, 0.25) is 0 Å². The summed E-state index contributed by atoms with van der Waals surface area (Å²) in [5, 5.41) is 6.33. The van der Waals surface area contributed by atoms with Crippen LogP contribution in [0.25, 0.3) is 11.1 Å². The van der Waals surface area contributed by atoms with E-state index in [1.807, 2.05) is 30.3 Å². The Labute approximate surface area is 144 Å². The molecule has 2 N–H and O–H groups in total. The largest absolute Gasteiger partial charge is 0.419 e. The zero-order chi connectivity index (χ0) is 17.4. The predicted octanol–water partition coefficient (Wildman–Crippen LogP) is 3.02. The summed E-state index contributed by atoms with van der Waals surface area (Å²) in [6.07, 6.45) is 2.33. The number of carbonyl (C=O) groups excluding carboxylic acids is 1. The van der Waals surface area contributed by atoms with Gasteiger partial charge in [-0.2, -0.15) is 0 Å². The average Bonchev–Trinajstić information content (AvgIpc) is 2.77. The molecule has 3 aromatic rings. The number of nitrogens with one attached hydrogen (secondary N) is 2. The molecule has 0 aliphatic carbocycles. The SMILES string of the molecule is Cn1c(=O)oc2cc(CNc3ccc4c(c3)CCCC(=O)N4)ccc21. The fraction of sp³-hybridized carbons (Fsp3) is 0.263. The van der Waals surface area contributed by atoms with Crippen LogP contribution in [0.3, 0.4) is 0 Å². The Kier molecular flexibility index (Phi) is 3.80. The summed E-state index contributed by atoms with van der Waals surface area (Å²) in [5.41, 5.74) is 5.47. The van der Waals surface area contributed by atoms with E-state index in [2.05, 4.69) is 16.7 Å². The highest BCUT2D eigenvalue weighted by molar-refractivity contribution is 5.92. The Morgan fingerprint density at radius 3 is 2.92 bits per heavy atom. The Morgan fingerprint density at radius 2 is 2.04 bits per heavy atom. The normalized spacial score (nSPS) is 14.0. The molecule has 0 saturated heterocycles. The molecule has 0 saturated carbocycles. The van der Waals surface area contributed by atoms with Gasteiger partial charge in [0.1, 0.15) is 0 Å². The summed E-state index contributed by atoms with van der Waals surface area (Å²) in [5.74, 6) is -0.273. The van der Waals surface area contributed by atoms with Crippen LogP contribution in [-0.2, 0) is 24.8 Å². The molecule has 128 valence electrons. The maximum atomic E-state index is 11.6. The first kappa shape index (κ1) is 15.5. The smallest absolute Gasteiger partial charge is 0.408 e. The van der Waals surface area contributed by atoms with Crippen molar-refractivity contribution in [3.63, 3.8) is 0 Å². The Morgan fingerprint density at radius 1 is 1.16 bits per heavy atom. The van der Waals surface area contributed by atoms with Crippen LogP contribution in [0.1, 0.15) is 24.0 Å². The molecule has 0 radical (unpaired) electrons. The molecule has 2 aromatic carbocycles. The van der Waals surface area contributed by atoms with Gasteiger partial charge in [0, 0.05) is 31.4 Å². The van der Waals surface area contributed by atoms with Crippen LogP contribution < -0.4 is 16.4 Å². The minimum Gasteiger partial charge on any atom is -0.408 e. The Balaban J connectivity index is 1.52. The van der Waals surface area contributed by atoms with Crippen molar-refractivity contribution < 1.29 is 9.21 Å². The van der Waals surface area contributed by atoms with Crippen LogP contribution in [0, 0.1) is 0 Å². The van der Waals surface area contributed by atoms with Crippen LogP contribution in [0.4, 0.5) is 11.4 Å². The number of aryl methyl sites for hydroxylation is 2. The molecule has 0 fully saturated rings. The van der Waals surface area contributed by atoms with Crippen molar-refractivity contribution in [3.8, 4) is 0 Å². The number of nitrogens with zero attached hydrogens (tertiary/aromatic N) is 1. The van der Waals surface area contributed by atoms with E-state index >= 15 is 0 Å². The molecule has 2 heterocycles. The van der Waals surface area contributed by atoms with Crippen molar-refractivity contribution >= 4 is 28.4 Å². The van der Waals surface area contributed by atoms with E-state index in [1.54, 1.807) is 7.05 Å². The minimum absolute atomic E-state index is 0.0807. The van der Waals surface area contributed by atoms with Gasteiger partial charge >= 0.3 is 5.76 Å². The number of carbonyl (C=O) groups is 1. The topological polar surface area (TPSA) is 76.3 Å². The summed E-state index contributed by atoms with van der Waals surface area (Å²) in [4.78, 5) is 23.2. The quantitative estimate of drug-likeness (QED) is 0.770. The van der Waals surface area contributed by atoms with Gasteiger partial charge in [0.05, 0.1) is 5.52 Å². The van der Waals surface area contributed by atoms with E-state index in [0.717, 1.165) is 40.9 Å². The number of oxazole rings is 1. The van der Waals surface area contributed by atoms with Gasteiger partial charge in [-0.3, -0.25) is 9.36 Å². The zero-order valence-corrected chi connectivity index (χ0v) is 14.0. The van der Waals surface area contributed by atoms with Crippen LogP contribution in [-0.4, -0.2) is 10.5 Å². The summed E-state index contributed by atoms with van der Waals surface area (Å²) in [7, 11) is 1.69. The molecule has 1 aliphatic heterocycles. The lowest BCUT2D eigenvalue weighted by Gasteiger charge is -2.11. The number of aromatic nitrogens is 1. The molecule has 6 nitrogen and oxygen atoms in total. The highest BCUT2D eigenvalue weighted by Gasteiger charge is 2.13. The number of hydrogen-bond acceptors (Lipinski definition) is 4. The Hall–Kier alpha value is -3.02.